The minimum absolute atomic E-state index is 0.145. The Morgan fingerprint density at radius 3 is 2.95 bits per heavy atom. The van der Waals surface area contributed by atoms with E-state index in [1.165, 1.54) is 0 Å². The minimum atomic E-state index is -0.843. The van der Waals surface area contributed by atoms with Gasteiger partial charge < -0.3 is 26.2 Å². The molecule has 1 atom stereocenters. The van der Waals surface area contributed by atoms with Crippen LogP contribution in [-0.4, -0.2) is 42.9 Å². The molecule has 6 nitrogen and oxygen atoms in total. The van der Waals surface area contributed by atoms with Crippen LogP contribution in [0.5, 0.6) is 0 Å². The first-order valence-electron chi connectivity index (χ1n) is 6.76. The number of nitrogens with two attached hydrogens (primary N) is 1. The second-order valence-corrected chi connectivity index (χ2v) is 5.04. The molecule has 1 aromatic carbocycles. The molecule has 6 heteroatoms. The van der Waals surface area contributed by atoms with Crippen LogP contribution in [0.25, 0.3) is 0 Å². The van der Waals surface area contributed by atoms with E-state index in [1.807, 2.05) is 6.92 Å². The number of nitrogen functional groups attached to an aromatic ring is 1. The van der Waals surface area contributed by atoms with Crippen molar-refractivity contribution in [2.75, 3.05) is 37.4 Å². The predicted octanol–water partition coefficient (Wildman–Crippen LogP) is 0.582. The van der Waals surface area contributed by atoms with Crippen LogP contribution in [0, 0.1) is 0 Å². The van der Waals surface area contributed by atoms with Crippen molar-refractivity contribution in [2.24, 2.45) is 0 Å². The molecule has 1 aliphatic heterocycles. The summed E-state index contributed by atoms with van der Waals surface area (Å²) in [5, 5.41) is 16.0. The number of aliphatic hydroxyl groups is 1. The predicted molar refractivity (Wildman–Crippen MR) is 77.7 cm³/mol. The molecular formula is C14H21N3O3. The Morgan fingerprint density at radius 2 is 2.35 bits per heavy atom. The van der Waals surface area contributed by atoms with Gasteiger partial charge in [0.2, 0.25) is 0 Å². The standard InChI is InChI=1S/C14H21N3O3/c1-2-16-13(18)10-3-4-12(11(15)7-10)17-8-14(19)5-6-20-9-14/h3-4,7,17,19H,2,5-6,8-9,15H2,1H3,(H,16,18). The van der Waals surface area contributed by atoms with Gasteiger partial charge in [-0.25, -0.2) is 0 Å². The maximum atomic E-state index is 11.7. The lowest BCUT2D eigenvalue weighted by atomic mass is 10.0. The molecule has 1 aliphatic rings. The van der Waals surface area contributed by atoms with E-state index >= 15 is 0 Å². The van der Waals surface area contributed by atoms with Gasteiger partial charge >= 0.3 is 0 Å². The summed E-state index contributed by atoms with van der Waals surface area (Å²) in [6, 6.07) is 5.08. The number of carbonyl (C=O) groups excluding carboxylic acids is 1. The molecule has 1 amide bonds. The fourth-order valence-electron chi connectivity index (χ4n) is 2.12. The van der Waals surface area contributed by atoms with Crippen LogP contribution in [-0.2, 0) is 4.74 Å². The highest BCUT2D eigenvalue weighted by atomic mass is 16.5. The molecule has 0 bridgehead atoms. The molecule has 1 fully saturated rings. The third-order valence-electron chi connectivity index (χ3n) is 3.34. The summed E-state index contributed by atoms with van der Waals surface area (Å²) in [6.45, 7) is 3.71. The van der Waals surface area contributed by atoms with Crippen LogP contribution in [0.3, 0.4) is 0 Å². The highest BCUT2D eigenvalue weighted by Gasteiger charge is 2.32. The SMILES string of the molecule is CCNC(=O)c1ccc(NCC2(O)CCOC2)c(N)c1. The molecule has 0 aliphatic carbocycles. The maximum Gasteiger partial charge on any atom is 0.251 e. The first kappa shape index (κ1) is 14.6. The summed E-state index contributed by atoms with van der Waals surface area (Å²) in [7, 11) is 0. The van der Waals surface area contributed by atoms with E-state index in [2.05, 4.69) is 10.6 Å². The van der Waals surface area contributed by atoms with E-state index in [4.69, 9.17) is 10.5 Å². The zero-order chi connectivity index (χ0) is 14.6. The lowest BCUT2D eigenvalue weighted by molar-refractivity contribution is 0.0382. The summed E-state index contributed by atoms with van der Waals surface area (Å²) in [5.41, 5.74) is 6.80. The van der Waals surface area contributed by atoms with Crippen molar-refractivity contribution in [3.8, 4) is 0 Å². The van der Waals surface area contributed by atoms with E-state index in [-0.39, 0.29) is 5.91 Å². The molecule has 0 saturated carbocycles. The van der Waals surface area contributed by atoms with Gasteiger partial charge in [-0.2, -0.15) is 0 Å². The molecule has 0 spiro atoms. The number of anilines is 2. The number of hydrogen-bond donors (Lipinski definition) is 4. The fraction of sp³-hybridized carbons (Fsp3) is 0.500. The van der Waals surface area contributed by atoms with Crippen LogP contribution in [0.1, 0.15) is 23.7 Å². The van der Waals surface area contributed by atoms with Gasteiger partial charge in [-0.15, -0.1) is 0 Å². The van der Waals surface area contributed by atoms with Gasteiger partial charge in [-0.05, 0) is 25.1 Å². The largest absolute Gasteiger partial charge is 0.397 e. The van der Waals surface area contributed by atoms with Crippen molar-refractivity contribution in [2.45, 2.75) is 18.9 Å². The van der Waals surface area contributed by atoms with Crippen LogP contribution in [0.15, 0.2) is 18.2 Å². The smallest absolute Gasteiger partial charge is 0.251 e. The van der Waals surface area contributed by atoms with Crippen molar-refractivity contribution in [3.63, 3.8) is 0 Å². The molecule has 2 rings (SSSR count). The van der Waals surface area contributed by atoms with Gasteiger partial charge in [-0.3, -0.25) is 4.79 Å². The van der Waals surface area contributed by atoms with Crippen LogP contribution in [0.2, 0.25) is 0 Å². The number of nitrogens with one attached hydrogen (secondary N) is 2. The lowest BCUT2D eigenvalue weighted by Crippen LogP contribution is -2.37. The van der Waals surface area contributed by atoms with E-state index in [1.54, 1.807) is 18.2 Å². The van der Waals surface area contributed by atoms with E-state index in [0.29, 0.717) is 49.7 Å². The van der Waals surface area contributed by atoms with Crippen molar-refractivity contribution < 1.29 is 14.6 Å². The van der Waals surface area contributed by atoms with Crippen LogP contribution >= 0.6 is 0 Å². The highest BCUT2D eigenvalue weighted by Crippen LogP contribution is 2.23. The first-order chi connectivity index (χ1) is 9.54. The van der Waals surface area contributed by atoms with Crippen molar-refractivity contribution in [1.29, 1.82) is 0 Å². The third-order valence-corrected chi connectivity index (χ3v) is 3.34. The molecule has 110 valence electrons. The van der Waals surface area contributed by atoms with Gasteiger partial charge in [-0.1, -0.05) is 0 Å². The van der Waals surface area contributed by atoms with Crippen LogP contribution < -0.4 is 16.4 Å². The summed E-state index contributed by atoms with van der Waals surface area (Å²) < 4.78 is 5.18. The topological polar surface area (TPSA) is 96.6 Å². The Bertz CT molecular complexity index is 485. The van der Waals surface area contributed by atoms with Crippen molar-refractivity contribution in [3.05, 3.63) is 23.8 Å². The normalized spacial score (nSPS) is 21.7. The Labute approximate surface area is 118 Å². The minimum Gasteiger partial charge on any atom is -0.397 e. The molecule has 20 heavy (non-hydrogen) atoms. The Hall–Kier alpha value is -1.79. The van der Waals surface area contributed by atoms with E-state index in [9.17, 15) is 9.90 Å². The number of rotatable bonds is 5. The number of carbonyl (C=O) groups is 1. The Morgan fingerprint density at radius 1 is 1.55 bits per heavy atom. The monoisotopic (exact) mass is 279 g/mol. The molecular weight excluding hydrogens is 258 g/mol. The second kappa shape index (κ2) is 6.11. The van der Waals surface area contributed by atoms with Crippen molar-refractivity contribution in [1.82, 2.24) is 5.32 Å². The number of hydrogen-bond acceptors (Lipinski definition) is 5. The quantitative estimate of drug-likeness (QED) is 0.591. The summed E-state index contributed by atoms with van der Waals surface area (Å²) in [6.07, 6.45) is 0.608. The Kier molecular flexibility index (Phi) is 4.46. The van der Waals surface area contributed by atoms with Gasteiger partial charge in [0.25, 0.3) is 5.91 Å². The number of benzene rings is 1. The van der Waals surface area contributed by atoms with E-state index < -0.39 is 5.60 Å². The van der Waals surface area contributed by atoms with Crippen molar-refractivity contribution >= 4 is 17.3 Å². The zero-order valence-electron chi connectivity index (χ0n) is 11.6. The van der Waals surface area contributed by atoms with Gasteiger partial charge in [0, 0.05) is 31.7 Å². The molecule has 5 N–H and O–H groups in total. The summed E-state index contributed by atoms with van der Waals surface area (Å²) in [4.78, 5) is 11.7. The van der Waals surface area contributed by atoms with Gasteiger partial charge in [0.05, 0.1) is 18.0 Å². The first-order valence-corrected chi connectivity index (χ1v) is 6.76. The molecule has 1 saturated heterocycles. The average molecular weight is 279 g/mol. The average Bonchev–Trinajstić information content (AvgIpc) is 2.85. The van der Waals surface area contributed by atoms with Gasteiger partial charge in [0.15, 0.2) is 0 Å². The maximum absolute atomic E-state index is 11.7. The fourth-order valence-corrected chi connectivity index (χ4v) is 2.12. The number of ether oxygens (including phenoxy) is 1. The van der Waals surface area contributed by atoms with E-state index in [0.717, 1.165) is 0 Å². The summed E-state index contributed by atoms with van der Waals surface area (Å²) in [5.74, 6) is -0.145. The molecule has 1 heterocycles. The molecule has 1 unspecified atom stereocenters. The molecule has 0 radical (unpaired) electrons. The molecule has 0 aromatic heterocycles. The second-order valence-electron chi connectivity index (χ2n) is 5.04. The third kappa shape index (κ3) is 3.40. The molecule has 1 aromatic rings. The summed E-state index contributed by atoms with van der Waals surface area (Å²) >= 11 is 0. The lowest BCUT2D eigenvalue weighted by Gasteiger charge is -2.22. The zero-order valence-corrected chi connectivity index (χ0v) is 11.6. The number of amides is 1. The Balaban J connectivity index is 2.00. The van der Waals surface area contributed by atoms with Crippen LogP contribution in [0.4, 0.5) is 11.4 Å². The van der Waals surface area contributed by atoms with Gasteiger partial charge in [0.1, 0.15) is 5.60 Å². The highest BCUT2D eigenvalue weighted by molar-refractivity contribution is 5.96.